The van der Waals surface area contributed by atoms with Crippen molar-refractivity contribution in [1.82, 2.24) is 24.9 Å². The monoisotopic (exact) mass is 326 g/mol. The highest BCUT2D eigenvalue weighted by Gasteiger charge is 2.22. The van der Waals surface area contributed by atoms with Gasteiger partial charge in [0.15, 0.2) is 0 Å². The van der Waals surface area contributed by atoms with Crippen LogP contribution in [0.3, 0.4) is 0 Å². The Morgan fingerprint density at radius 1 is 1.50 bits per heavy atom. The molecule has 0 aliphatic heterocycles. The molecule has 2 aromatic rings. The third kappa shape index (κ3) is 3.61. The van der Waals surface area contributed by atoms with Crippen LogP contribution in [0, 0.1) is 24.0 Å². The van der Waals surface area contributed by atoms with Crippen LogP contribution in [-0.2, 0) is 17.9 Å². The number of nitrogens with one attached hydrogen (secondary N) is 1. The zero-order valence-corrected chi connectivity index (χ0v) is 12.9. The van der Waals surface area contributed by atoms with Gasteiger partial charge < -0.3 is 5.32 Å². The lowest BCUT2D eigenvalue weighted by atomic mass is 10.3. The summed E-state index contributed by atoms with van der Waals surface area (Å²) in [6, 6.07) is 0. The smallest absolute Gasteiger partial charge is 0.312 e. The van der Waals surface area contributed by atoms with Crippen LogP contribution < -0.4 is 5.32 Å². The quantitative estimate of drug-likeness (QED) is 0.631. The Bertz CT molecular complexity index is 708. The van der Waals surface area contributed by atoms with Crippen molar-refractivity contribution in [2.45, 2.75) is 26.9 Å². The van der Waals surface area contributed by atoms with Gasteiger partial charge in [0, 0.05) is 12.7 Å². The first-order valence-corrected chi connectivity index (χ1v) is 6.89. The first kappa shape index (κ1) is 16.0. The van der Waals surface area contributed by atoms with Crippen molar-refractivity contribution >= 4 is 23.2 Å². The molecule has 0 bridgehead atoms. The standard InChI is InChI=1S/C12H15ClN6O3/c1-8-12(19(21)22)9(2)18(16-8)7-11(20)14-3-4-17-6-10(13)5-15-17/h5-6H,3-4,7H2,1-2H3,(H,14,20). The molecule has 1 N–H and O–H groups in total. The number of hydrogen-bond donors (Lipinski definition) is 1. The first-order chi connectivity index (χ1) is 10.4. The van der Waals surface area contributed by atoms with Crippen molar-refractivity contribution in [3.05, 3.63) is 38.9 Å². The van der Waals surface area contributed by atoms with E-state index in [0.717, 1.165) is 0 Å². The molecule has 0 aromatic carbocycles. The largest absolute Gasteiger partial charge is 0.353 e. The molecule has 0 fully saturated rings. The van der Waals surface area contributed by atoms with Gasteiger partial charge in [-0.3, -0.25) is 24.3 Å². The average Bonchev–Trinajstić information content (AvgIpc) is 2.94. The lowest BCUT2D eigenvalue weighted by molar-refractivity contribution is -0.386. The van der Waals surface area contributed by atoms with Gasteiger partial charge in [0.25, 0.3) is 0 Å². The van der Waals surface area contributed by atoms with Gasteiger partial charge in [-0.1, -0.05) is 11.6 Å². The molecular weight excluding hydrogens is 312 g/mol. The molecule has 0 unspecified atom stereocenters. The number of hydrogen-bond acceptors (Lipinski definition) is 5. The Morgan fingerprint density at radius 3 is 2.77 bits per heavy atom. The van der Waals surface area contributed by atoms with Crippen molar-refractivity contribution in [2.24, 2.45) is 0 Å². The zero-order valence-electron chi connectivity index (χ0n) is 12.1. The molecule has 0 saturated heterocycles. The SMILES string of the molecule is Cc1nn(CC(=O)NCCn2cc(Cl)cn2)c(C)c1[N+](=O)[O-]. The van der Waals surface area contributed by atoms with E-state index in [2.05, 4.69) is 15.5 Å². The second-order valence-corrected chi connectivity index (χ2v) is 5.14. The van der Waals surface area contributed by atoms with E-state index in [0.29, 0.717) is 29.5 Å². The van der Waals surface area contributed by atoms with Crippen molar-refractivity contribution < 1.29 is 9.72 Å². The highest BCUT2D eigenvalue weighted by molar-refractivity contribution is 6.30. The van der Waals surface area contributed by atoms with Gasteiger partial charge >= 0.3 is 5.69 Å². The van der Waals surface area contributed by atoms with Crippen LogP contribution in [0.15, 0.2) is 12.4 Å². The molecule has 0 aliphatic carbocycles. The number of carbonyl (C=O) groups is 1. The fraction of sp³-hybridized carbons (Fsp3) is 0.417. The first-order valence-electron chi connectivity index (χ1n) is 6.51. The summed E-state index contributed by atoms with van der Waals surface area (Å²) in [5.41, 5.74) is 0.594. The number of nitrogens with zero attached hydrogens (tertiary/aromatic N) is 5. The van der Waals surface area contributed by atoms with Crippen molar-refractivity contribution in [3.63, 3.8) is 0 Å². The summed E-state index contributed by atoms with van der Waals surface area (Å²) in [7, 11) is 0. The fourth-order valence-electron chi connectivity index (χ4n) is 2.07. The summed E-state index contributed by atoms with van der Waals surface area (Å²) in [6.07, 6.45) is 3.16. The third-order valence-corrected chi connectivity index (χ3v) is 3.28. The van der Waals surface area contributed by atoms with Crippen LogP contribution in [0.4, 0.5) is 5.69 Å². The van der Waals surface area contributed by atoms with Crippen LogP contribution in [0.2, 0.25) is 5.02 Å². The summed E-state index contributed by atoms with van der Waals surface area (Å²) < 4.78 is 2.93. The number of halogens is 1. The predicted molar refractivity (Wildman–Crippen MR) is 78.6 cm³/mol. The molecule has 0 aliphatic rings. The summed E-state index contributed by atoms with van der Waals surface area (Å²) in [6.45, 7) is 3.90. The Kier molecular flexibility index (Phi) is 4.76. The molecule has 22 heavy (non-hydrogen) atoms. The van der Waals surface area contributed by atoms with Gasteiger partial charge in [0.1, 0.15) is 17.9 Å². The van der Waals surface area contributed by atoms with Gasteiger partial charge in [-0.05, 0) is 13.8 Å². The van der Waals surface area contributed by atoms with Gasteiger partial charge in [0.05, 0.1) is 22.7 Å². The van der Waals surface area contributed by atoms with E-state index in [9.17, 15) is 14.9 Å². The normalized spacial score (nSPS) is 10.7. The van der Waals surface area contributed by atoms with Crippen molar-refractivity contribution in [1.29, 1.82) is 0 Å². The van der Waals surface area contributed by atoms with Crippen LogP contribution in [0.1, 0.15) is 11.4 Å². The molecule has 0 spiro atoms. The number of aromatic nitrogens is 4. The minimum Gasteiger partial charge on any atom is -0.353 e. The van der Waals surface area contributed by atoms with Gasteiger partial charge in [-0.2, -0.15) is 10.2 Å². The number of amides is 1. The molecular formula is C12H15ClN6O3. The Morgan fingerprint density at radius 2 is 2.23 bits per heavy atom. The molecule has 2 rings (SSSR count). The lowest BCUT2D eigenvalue weighted by Gasteiger charge is -2.06. The predicted octanol–water partition coefficient (Wildman–Crippen LogP) is 1.07. The second-order valence-electron chi connectivity index (χ2n) is 4.71. The van der Waals surface area contributed by atoms with E-state index in [-0.39, 0.29) is 18.1 Å². The maximum Gasteiger partial charge on any atom is 0.312 e. The van der Waals surface area contributed by atoms with E-state index < -0.39 is 4.92 Å². The Hall–Kier alpha value is -2.42. The number of carbonyl (C=O) groups excluding carboxylic acids is 1. The zero-order chi connectivity index (χ0) is 16.3. The molecule has 10 heteroatoms. The minimum atomic E-state index is -0.493. The summed E-state index contributed by atoms with van der Waals surface area (Å²) in [5, 5.41) is 22.1. The third-order valence-electron chi connectivity index (χ3n) is 3.08. The molecule has 2 aromatic heterocycles. The van der Waals surface area contributed by atoms with Crippen molar-refractivity contribution in [3.8, 4) is 0 Å². The molecule has 2 heterocycles. The summed E-state index contributed by atoms with van der Waals surface area (Å²) in [4.78, 5) is 22.3. The van der Waals surface area contributed by atoms with E-state index in [1.165, 1.54) is 10.9 Å². The Labute approximate surface area is 131 Å². The lowest BCUT2D eigenvalue weighted by Crippen LogP contribution is -2.31. The molecule has 0 atom stereocenters. The topological polar surface area (TPSA) is 108 Å². The maximum absolute atomic E-state index is 11.9. The van der Waals surface area contributed by atoms with E-state index in [1.54, 1.807) is 24.7 Å². The maximum atomic E-state index is 11.9. The van der Waals surface area contributed by atoms with Crippen LogP contribution in [0.5, 0.6) is 0 Å². The van der Waals surface area contributed by atoms with Gasteiger partial charge in [0.2, 0.25) is 5.91 Å². The van der Waals surface area contributed by atoms with Crippen molar-refractivity contribution in [2.75, 3.05) is 6.54 Å². The summed E-state index contributed by atoms with van der Waals surface area (Å²) in [5.74, 6) is -0.279. The Balaban J connectivity index is 1.89. The van der Waals surface area contributed by atoms with Crippen LogP contribution in [0.25, 0.3) is 0 Å². The fourth-order valence-corrected chi connectivity index (χ4v) is 2.22. The number of nitro groups is 1. The van der Waals surface area contributed by atoms with E-state index in [4.69, 9.17) is 11.6 Å². The molecule has 0 saturated carbocycles. The average molecular weight is 327 g/mol. The number of aryl methyl sites for hydroxylation is 1. The van der Waals surface area contributed by atoms with Gasteiger partial charge in [-0.15, -0.1) is 0 Å². The van der Waals surface area contributed by atoms with E-state index in [1.807, 2.05) is 0 Å². The molecule has 9 nitrogen and oxygen atoms in total. The van der Waals surface area contributed by atoms with E-state index >= 15 is 0 Å². The molecule has 0 radical (unpaired) electrons. The highest BCUT2D eigenvalue weighted by atomic mass is 35.5. The second kappa shape index (κ2) is 6.56. The van der Waals surface area contributed by atoms with Crippen LogP contribution >= 0.6 is 11.6 Å². The van der Waals surface area contributed by atoms with Crippen LogP contribution in [-0.4, -0.2) is 36.9 Å². The highest BCUT2D eigenvalue weighted by Crippen LogP contribution is 2.21. The molecule has 118 valence electrons. The summed E-state index contributed by atoms with van der Waals surface area (Å²) >= 11 is 5.73. The number of rotatable bonds is 6. The van der Waals surface area contributed by atoms with Gasteiger partial charge in [-0.25, -0.2) is 0 Å². The molecule has 1 amide bonds. The minimum absolute atomic E-state index is 0.0565.